The lowest BCUT2D eigenvalue weighted by Crippen LogP contribution is -2.48. The van der Waals surface area contributed by atoms with E-state index >= 15 is 0 Å². The van der Waals surface area contributed by atoms with Gasteiger partial charge < -0.3 is 15.0 Å². The summed E-state index contributed by atoms with van der Waals surface area (Å²) in [5, 5.41) is 3.63. The monoisotopic (exact) mass is 284 g/mol. The highest BCUT2D eigenvalue weighted by Gasteiger charge is 2.36. The number of nitrogens with one attached hydrogen (secondary N) is 1. The molecule has 1 aliphatic carbocycles. The Labute approximate surface area is 126 Å². The lowest BCUT2D eigenvalue weighted by atomic mass is 9.69. The van der Waals surface area contributed by atoms with E-state index in [1.165, 1.54) is 38.6 Å². The van der Waals surface area contributed by atoms with Crippen molar-refractivity contribution in [3.63, 3.8) is 0 Å². The molecule has 1 N–H and O–H groups in total. The fourth-order valence-corrected chi connectivity index (χ4v) is 3.65. The van der Waals surface area contributed by atoms with Crippen LogP contribution in [0, 0.1) is 11.3 Å². The van der Waals surface area contributed by atoms with Gasteiger partial charge in [-0.05, 0) is 44.6 Å². The van der Waals surface area contributed by atoms with Crippen LogP contribution in [0.1, 0.15) is 52.9 Å². The molecule has 1 aliphatic rings. The van der Waals surface area contributed by atoms with Crippen LogP contribution in [0.3, 0.4) is 0 Å². The van der Waals surface area contributed by atoms with Crippen LogP contribution in [0.2, 0.25) is 0 Å². The van der Waals surface area contributed by atoms with Crippen LogP contribution in [-0.2, 0) is 4.74 Å². The standard InChI is InChI=1S/C17H36N2O/c1-6-16(3)19(4)14-17(13-18-10-11-20-5)9-7-8-15(2)12-17/h15-16,18H,6-14H2,1-5H3. The first-order valence-electron chi connectivity index (χ1n) is 8.43. The van der Waals surface area contributed by atoms with Crippen molar-refractivity contribution in [2.24, 2.45) is 11.3 Å². The summed E-state index contributed by atoms with van der Waals surface area (Å²) in [6.45, 7) is 11.2. The van der Waals surface area contributed by atoms with Crippen LogP contribution in [0.4, 0.5) is 0 Å². The molecule has 1 fully saturated rings. The first-order valence-corrected chi connectivity index (χ1v) is 8.43. The van der Waals surface area contributed by atoms with E-state index in [1.54, 1.807) is 7.11 Å². The third-order valence-electron chi connectivity index (χ3n) is 5.10. The van der Waals surface area contributed by atoms with Gasteiger partial charge in [0.1, 0.15) is 0 Å². The molecule has 0 amide bonds. The molecule has 3 unspecified atom stereocenters. The molecule has 120 valence electrons. The van der Waals surface area contributed by atoms with Crippen molar-refractivity contribution in [2.45, 2.75) is 58.9 Å². The fraction of sp³-hybridized carbons (Fsp3) is 1.00. The van der Waals surface area contributed by atoms with Crippen LogP contribution in [0.5, 0.6) is 0 Å². The van der Waals surface area contributed by atoms with Crippen LogP contribution in [-0.4, -0.2) is 51.3 Å². The zero-order valence-corrected chi connectivity index (χ0v) is 14.4. The predicted octanol–water partition coefficient (Wildman–Crippen LogP) is 3.15. The predicted molar refractivity (Wildman–Crippen MR) is 87.2 cm³/mol. The van der Waals surface area contributed by atoms with E-state index in [-0.39, 0.29) is 0 Å². The molecule has 1 saturated carbocycles. The summed E-state index contributed by atoms with van der Waals surface area (Å²) >= 11 is 0. The van der Waals surface area contributed by atoms with E-state index in [1.807, 2.05) is 0 Å². The topological polar surface area (TPSA) is 24.5 Å². The smallest absolute Gasteiger partial charge is 0.0587 e. The molecule has 0 bridgehead atoms. The van der Waals surface area contributed by atoms with Gasteiger partial charge in [-0.25, -0.2) is 0 Å². The lowest BCUT2D eigenvalue weighted by molar-refractivity contribution is 0.0729. The minimum atomic E-state index is 0.462. The first-order chi connectivity index (χ1) is 9.53. The third kappa shape index (κ3) is 5.71. The summed E-state index contributed by atoms with van der Waals surface area (Å²) in [4.78, 5) is 2.57. The van der Waals surface area contributed by atoms with Gasteiger partial charge in [0.2, 0.25) is 0 Å². The van der Waals surface area contributed by atoms with Crippen molar-refractivity contribution in [1.82, 2.24) is 10.2 Å². The Balaban J connectivity index is 2.58. The fourth-order valence-electron chi connectivity index (χ4n) is 3.65. The highest BCUT2D eigenvalue weighted by molar-refractivity contribution is 4.90. The molecule has 3 atom stereocenters. The molecule has 0 radical (unpaired) electrons. The number of hydrogen-bond donors (Lipinski definition) is 1. The average molecular weight is 284 g/mol. The van der Waals surface area contributed by atoms with E-state index in [0.717, 1.165) is 25.6 Å². The van der Waals surface area contributed by atoms with Crippen molar-refractivity contribution in [1.29, 1.82) is 0 Å². The van der Waals surface area contributed by atoms with E-state index in [0.29, 0.717) is 11.5 Å². The maximum absolute atomic E-state index is 5.15. The summed E-state index contributed by atoms with van der Waals surface area (Å²) in [6, 6.07) is 0.683. The molecule has 0 heterocycles. The Morgan fingerprint density at radius 2 is 2.20 bits per heavy atom. The molecule has 20 heavy (non-hydrogen) atoms. The summed E-state index contributed by atoms with van der Waals surface area (Å²) in [6.07, 6.45) is 6.78. The molecule has 0 saturated heterocycles. The van der Waals surface area contributed by atoms with Crippen LogP contribution in [0.25, 0.3) is 0 Å². The van der Waals surface area contributed by atoms with Gasteiger partial charge in [-0.3, -0.25) is 0 Å². The number of methoxy groups -OCH3 is 1. The van der Waals surface area contributed by atoms with Crippen LogP contribution < -0.4 is 5.32 Å². The minimum Gasteiger partial charge on any atom is -0.383 e. The molecular weight excluding hydrogens is 248 g/mol. The van der Waals surface area contributed by atoms with Gasteiger partial charge in [0.25, 0.3) is 0 Å². The molecule has 0 aliphatic heterocycles. The molecule has 0 aromatic carbocycles. The van der Waals surface area contributed by atoms with Gasteiger partial charge in [0.05, 0.1) is 6.61 Å². The van der Waals surface area contributed by atoms with Gasteiger partial charge in [-0.2, -0.15) is 0 Å². The molecule has 0 aromatic rings. The zero-order valence-electron chi connectivity index (χ0n) is 14.4. The lowest BCUT2D eigenvalue weighted by Gasteiger charge is -2.44. The first kappa shape index (κ1) is 17.9. The van der Waals surface area contributed by atoms with Gasteiger partial charge in [0, 0.05) is 32.8 Å². The second-order valence-electron chi connectivity index (χ2n) is 7.04. The molecule has 1 rings (SSSR count). The van der Waals surface area contributed by atoms with E-state index in [2.05, 4.69) is 38.0 Å². The zero-order chi connectivity index (χ0) is 15.0. The molecular formula is C17H36N2O. The number of nitrogens with zero attached hydrogens (tertiary/aromatic N) is 1. The van der Waals surface area contributed by atoms with Crippen molar-refractivity contribution < 1.29 is 4.74 Å². The molecule has 0 aromatic heterocycles. The van der Waals surface area contributed by atoms with Gasteiger partial charge in [0.15, 0.2) is 0 Å². The SMILES string of the molecule is CCC(C)N(C)CC1(CNCCOC)CCCC(C)C1. The molecule has 3 nitrogen and oxygen atoms in total. The minimum absolute atomic E-state index is 0.462. The summed E-state index contributed by atoms with van der Waals surface area (Å²) in [7, 11) is 4.07. The average Bonchev–Trinajstić information content (AvgIpc) is 2.42. The summed E-state index contributed by atoms with van der Waals surface area (Å²) in [5.41, 5.74) is 0.462. The highest BCUT2D eigenvalue weighted by atomic mass is 16.5. The normalized spacial score (nSPS) is 28.8. The molecule has 3 heteroatoms. The highest BCUT2D eigenvalue weighted by Crippen LogP contribution is 2.39. The Bertz CT molecular complexity index is 259. The number of hydrogen-bond acceptors (Lipinski definition) is 3. The van der Waals surface area contributed by atoms with Crippen LogP contribution in [0.15, 0.2) is 0 Å². The Morgan fingerprint density at radius 3 is 2.80 bits per heavy atom. The number of rotatable bonds is 9. The Morgan fingerprint density at radius 1 is 1.45 bits per heavy atom. The van der Waals surface area contributed by atoms with Crippen molar-refractivity contribution in [3.05, 3.63) is 0 Å². The van der Waals surface area contributed by atoms with Gasteiger partial charge in [-0.1, -0.05) is 26.7 Å². The largest absolute Gasteiger partial charge is 0.383 e. The summed E-state index contributed by atoms with van der Waals surface area (Å²) in [5.74, 6) is 0.873. The second kappa shape index (κ2) is 9.01. The Kier molecular flexibility index (Phi) is 8.08. The second-order valence-corrected chi connectivity index (χ2v) is 7.04. The van der Waals surface area contributed by atoms with Crippen molar-refractivity contribution >= 4 is 0 Å². The van der Waals surface area contributed by atoms with E-state index in [4.69, 9.17) is 4.74 Å². The maximum atomic E-state index is 5.15. The quantitative estimate of drug-likeness (QED) is 0.658. The summed E-state index contributed by atoms with van der Waals surface area (Å²) < 4.78 is 5.15. The van der Waals surface area contributed by atoms with Crippen molar-refractivity contribution in [2.75, 3.05) is 40.4 Å². The number of ether oxygens (including phenoxy) is 1. The van der Waals surface area contributed by atoms with Gasteiger partial charge in [-0.15, -0.1) is 0 Å². The maximum Gasteiger partial charge on any atom is 0.0587 e. The van der Waals surface area contributed by atoms with E-state index in [9.17, 15) is 0 Å². The van der Waals surface area contributed by atoms with Crippen molar-refractivity contribution in [3.8, 4) is 0 Å². The van der Waals surface area contributed by atoms with Crippen LogP contribution >= 0.6 is 0 Å². The van der Waals surface area contributed by atoms with E-state index < -0.39 is 0 Å². The third-order valence-corrected chi connectivity index (χ3v) is 5.10. The molecule has 0 spiro atoms. The Hall–Kier alpha value is -0.120. The van der Waals surface area contributed by atoms with Gasteiger partial charge >= 0.3 is 0 Å².